The lowest BCUT2D eigenvalue weighted by molar-refractivity contribution is -0.144. The normalized spacial score (nSPS) is 10.4. The van der Waals surface area contributed by atoms with Gasteiger partial charge in [0.1, 0.15) is 5.75 Å². The van der Waals surface area contributed by atoms with Gasteiger partial charge in [-0.3, -0.25) is 4.79 Å². The number of para-hydroxylation sites is 2. The summed E-state index contributed by atoms with van der Waals surface area (Å²) in [6.07, 6.45) is 0. The van der Waals surface area contributed by atoms with Gasteiger partial charge < -0.3 is 14.0 Å². The van der Waals surface area contributed by atoms with E-state index in [4.69, 9.17) is 9.47 Å². The molecule has 0 spiro atoms. The Morgan fingerprint density at radius 1 is 0.889 bits per heavy atom. The van der Waals surface area contributed by atoms with Crippen molar-refractivity contribution in [3.05, 3.63) is 83.7 Å². The maximum atomic E-state index is 12.5. The molecule has 1 aromatic heterocycles. The van der Waals surface area contributed by atoms with E-state index in [2.05, 4.69) is 0 Å². The number of Topliss-reactive ketones (excluding diaryl/α,β-unsaturated/α-hetero) is 1. The summed E-state index contributed by atoms with van der Waals surface area (Å²) in [4.78, 5) is 24.3. The molecular formula is C22H21NO4. The maximum absolute atomic E-state index is 12.5. The van der Waals surface area contributed by atoms with Crippen molar-refractivity contribution in [2.75, 3.05) is 13.2 Å². The van der Waals surface area contributed by atoms with Crippen molar-refractivity contribution in [1.29, 1.82) is 0 Å². The maximum Gasteiger partial charge on any atom is 0.344 e. The van der Waals surface area contributed by atoms with E-state index in [-0.39, 0.29) is 19.0 Å². The Labute approximate surface area is 158 Å². The number of ketones is 1. The second-order valence-electron chi connectivity index (χ2n) is 6.14. The van der Waals surface area contributed by atoms with Gasteiger partial charge in [0.15, 0.2) is 13.2 Å². The summed E-state index contributed by atoms with van der Waals surface area (Å²) >= 11 is 0. The highest BCUT2D eigenvalue weighted by atomic mass is 16.6. The molecular weight excluding hydrogens is 342 g/mol. The molecule has 5 nitrogen and oxygen atoms in total. The standard InChI is InChI=1S/C22H21NO4/c1-16-13-20(17(2)23(16)18-9-5-3-6-10-18)21(24)14-27-22(25)15-26-19-11-7-4-8-12-19/h3-13H,14-15H2,1-2H3. The first kappa shape index (κ1) is 18.5. The average Bonchev–Trinajstić information content (AvgIpc) is 3.00. The lowest BCUT2D eigenvalue weighted by atomic mass is 10.1. The fourth-order valence-electron chi connectivity index (χ4n) is 2.94. The zero-order chi connectivity index (χ0) is 19.2. The van der Waals surface area contributed by atoms with E-state index in [9.17, 15) is 9.59 Å². The van der Waals surface area contributed by atoms with E-state index in [0.29, 0.717) is 11.3 Å². The molecule has 0 aliphatic rings. The molecule has 0 radical (unpaired) electrons. The molecule has 3 aromatic rings. The summed E-state index contributed by atoms with van der Waals surface area (Å²) in [7, 11) is 0. The molecule has 2 aromatic carbocycles. The minimum absolute atomic E-state index is 0.236. The first-order valence-electron chi connectivity index (χ1n) is 8.67. The summed E-state index contributed by atoms with van der Waals surface area (Å²) in [5.41, 5.74) is 3.30. The minimum Gasteiger partial charge on any atom is -0.482 e. The summed E-state index contributed by atoms with van der Waals surface area (Å²) < 4.78 is 12.4. The van der Waals surface area contributed by atoms with Crippen molar-refractivity contribution in [3.8, 4) is 11.4 Å². The number of esters is 1. The van der Waals surface area contributed by atoms with Crippen molar-refractivity contribution in [3.63, 3.8) is 0 Å². The van der Waals surface area contributed by atoms with Gasteiger partial charge in [-0.05, 0) is 44.2 Å². The van der Waals surface area contributed by atoms with Crippen LogP contribution < -0.4 is 4.74 Å². The number of aromatic nitrogens is 1. The average molecular weight is 363 g/mol. The Balaban J connectivity index is 1.61. The Bertz CT molecular complexity index is 930. The molecule has 0 aliphatic carbocycles. The molecule has 0 N–H and O–H groups in total. The first-order chi connectivity index (χ1) is 13.1. The molecule has 27 heavy (non-hydrogen) atoms. The van der Waals surface area contributed by atoms with Crippen molar-refractivity contribution in [1.82, 2.24) is 4.57 Å². The van der Waals surface area contributed by atoms with Crippen LogP contribution in [0.1, 0.15) is 21.7 Å². The van der Waals surface area contributed by atoms with Gasteiger partial charge in [0, 0.05) is 22.6 Å². The van der Waals surface area contributed by atoms with Gasteiger partial charge in [-0.1, -0.05) is 36.4 Å². The van der Waals surface area contributed by atoms with Crippen LogP contribution >= 0.6 is 0 Å². The van der Waals surface area contributed by atoms with Crippen LogP contribution in [0.3, 0.4) is 0 Å². The van der Waals surface area contributed by atoms with Crippen LogP contribution in [0.15, 0.2) is 66.7 Å². The second-order valence-corrected chi connectivity index (χ2v) is 6.14. The number of carbonyl (C=O) groups is 2. The van der Waals surface area contributed by atoms with E-state index < -0.39 is 5.97 Å². The number of carbonyl (C=O) groups excluding carboxylic acids is 2. The Morgan fingerprint density at radius 3 is 2.19 bits per heavy atom. The highest BCUT2D eigenvalue weighted by Crippen LogP contribution is 2.21. The summed E-state index contributed by atoms with van der Waals surface area (Å²) in [6, 6.07) is 20.6. The van der Waals surface area contributed by atoms with Gasteiger partial charge in [0.2, 0.25) is 5.78 Å². The number of rotatable bonds is 7. The monoisotopic (exact) mass is 363 g/mol. The Morgan fingerprint density at radius 2 is 1.52 bits per heavy atom. The Kier molecular flexibility index (Phi) is 5.71. The molecule has 0 aliphatic heterocycles. The van der Waals surface area contributed by atoms with Gasteiger partial charge in [0.05, 0.1) is 0 Å². The predicted octanol–water partition coefficient (Wildman–Crippen LogP) is 3.90. The molecule has 0 bridgehead atoms. The van der Waals surface area contributed by atoms with E-state index in [1.165, 1.54) is 0 Å². The summed E-state index contributed by atoms with van der Waals surface area (Å²) in [5, 5.41) is 0. The summed E-state index contributed by atoms with van der Waals surface area (Å²) in [6.45, 7) is 3.28. The number of ether oxygens (including phenoxy) is 2. The van der Waals surface area contributed by atoms with Crippen LogP contribution in [0.25, 0.3) is 5.69 Å². The third-order valence-corrected chi connectivity index (χ3v) is 4.21. The molecule has 0 amide bonds. The van der Waals surface area contributed by atoms with Crippen LogP contribution in [0.5, 0.6) is 5.75 Å². The van der Waals surface area contributed by atoms with E-state index >= 15 is 0 Å². The largest absolute Gasteiger partial charge is 0.482 e. The fourth-order valence-corrected chi connectivity index (χ4v) is 2.94. The number of hydrogen-bond donors (Lipinski definition) is 0. The zero-order valence-electron chi connectivity index (χ0n) is 15.3. The number of benzene rings is 2. The topological polar surface area (TPSA) is 57.5 Å². The number of aryl methyl sites for hydroxylation is 1. The van der Waals surface area contributed by atoms with Crippen molar-refractivity contribution in [2.24, 2.45) is 0 Å². The van der Waals surface area contributed by atoms with Crippen LogP contribution in [0, 0.1) is 13.8 Å². The SMILES string of the molecule is Cc1cc(C(=O)COC(=O)COc2ccccc2)c(C)n1-c1ccccc1. The number of hydrogen-bond acceptors (Lipinski definition) is 4. The molecule has 0 fully saturated rings. The zero-order valence-corrected chi connectivity index (χ0v) is 15.3. The molecule has 1 heterocycles. The quantitative estimate of drug-likeness (QED) is 0.472. The molecule has 0 saturated carbocycles. The Hall–Kier alpha value is -3.34. The van der Waals surface area contributed by atoms with Gasteiger partial charge in [-0.15, -0.1) is 0 Å². The van der Waals surface area contributed by atoms with Crippen molar-refractivity contribution < 1.29 is 19.1 Å². The highest BCUT2D eigenvalue weighted by Gasteiger charge is 2.18. The molecule has 0 unspecified atom stereocenters. The van der Waals surface area contributed by atoms with Gasteiger partial charge >= 0.3 is 5.97 Å². The predicted molar refractivity (Wildman–Crippen MR) is 102 cm³/mol. The molecule has 138 valence electrons. The smallest absolute Gasteiger partial charge is 0.344 e. The van der Waals surface area contributed by atoms with Gasteiger partial charge in [-0.2, -0.15) is 0 Å². The third-order valence-electron chi connectivity index (χ3n) is 4.21. The van der Waals surface area contributed by atoms with Crippen molar-refractivity contribution in [2.45, 2.75) is 13.8 Å². The molecule has 3 rings (SSSR count). The third kappa shape index (κ3) is 4.44. The van der Waals surface area contributed by atoms with Gasteiger partial charge in [-0.25, -0.2) is 4.79 Å². The highest BCUT2D eigenvalue weighted by molar-refractivity contribution is 5.99. The summed E-state index contributed by atoms with van der Waals surface area (Å²) in [5.74, 6) is -0.241. The van der Waals surface area contributed by atoms with Crippen LogP contribution in [-0.4, -0.2) is 29.5 Å². The van der Waals surface area contributed by atoms with E-state index in [1.807, 2.05) is 73.0 Å². The molecule has 5 heteroatoms. The van der Waals surface area contributed by atoms with Gasteiger partial charge in [0.25, 0.3) is 0 Å². The second kappa shape index (κ2) is 8.36. The fraction of sp³-hybridized carbons (Fsp3) is 0.182. The van der Waals surface area contributed by atoms with E-state index in [1.54, 1.807) is 12.1 Å². The van der Waals surface area contributed by atoms with E-state index in [0.717, 1.165) is 17.1 Å². The first-order valence-corrected chi connectivity index (χ1v) is 8.67. The lowest BCUT2D eigenvalue weighted by Crippen LogP contribution is -2.19. The molecule has 0 saturated heterocycles. The van der Waals surface area contributed by atoms with Crippen LogP contribution in [0.4, 0.5) is 0 Å². The van der Waals surface area contributed by atoms with Crippen LogP contribution in [-0.2, 0) is 9.53 Å². The molecule has 0 atom stereocenters. The van der Waals surface area contributed by atoms with Crippen molar-refractivity contribution >= 4 is 11.8 Å². The lowest BCUT2D eigenvalue weighted by Gasteiger charge is -2.10. The number of nitrogens with zero attached hydrogens (tertiary/aromatic N) is 1. The minimum atomic E-state index is -0.580. The van der Waals surface area contributed by atoms with Crippen LogP contribution in [0.2, 0.25) is 0 Å².